The summed E-state index contributed by atoms with van der Waals surface area (Å²) in [5.41, 5.74) is 1.59. The van der Waals surface area contributed by atoms with Crippen LogP contribution in [0.25, 0.3) is 0 Å². The van der Waals surface area contributed by atoms with Crippen molar-refractivity contribution in [3.63, 3.8) is 0 Å². The van der Waals surface area contributed by atoms with Crippen LogP contribution in [0.2, 0.25) is 0 Å². The second kappa shape index (κ2) is 6.88. The van der Waals surface area contributed by atoms with Crippen LogP contribution in [0.5, 0.6) is 0 Å². The van der Waals surface area contributed by atoms with E-state index in [2.05, 4.69) is 4.98 Å². The molecule has 0 aromatic carbocycles. The van der Waals surface area contributed by atoms with E-state index in [0.29, 0.717) is 37.7 Å². The van der Waals surface area contributed by atoms with Gasteiger partial charge in [0.2, 0.25) is 0 Å². The average Bonchev–Trinajstić information content (AvgIpc) is 3.05. The number of ketones is 2. The van der Waals surface area contributed by atoms with Crippen LogP contribution in [0.1, 0.15) is 54.4 Å². The Labute approximate surface area is 156 Å². The highest BCUT2D eigenvalue weighted by Gasteiger charge is 2.52. The highest BCUT2D eigenvalue weighted by atomic mass is 19.4. The van der Waals surface area contributed by atoms with Crippen molar-refractivity contribution < 1.29 is 22.8 Å². The Bertz CT molecular complexity index is 799. The molecule has 1 heterocycles. The van der Waals surface area contributed by atoms with Crippen molar-refractivity contribution in [3.05, 3.63) is 41.2 Å². The maximum Gasteiger partial charge on any atom is 0.392 e. The fourth-order valence-corrected chi connectivity index (χ4v) is 5.32. The second-order valence-corrected chi connectivity index (χ2v) is 8.14. The van der Waals surface area contributed by atoms with Gasteiger partial charge in [-0.1, -0.05) is 6.08 Å². The topological polar surface area (TPSA) is 47.0 Å². The number of fused-ring (bicyclic) bond motifs is 2. The molecule has 0 saturated heterocycles. The normalized spacial score (nSPS) is 30.5. The fourth-order valence-electron chi connectivity index (χ4n) is 5.32. The van der Waals surface area contributed by atoms with Crippen molar-refractivity contribution in [2.45, 2.75) is 51.1 Å². The van der Waals surface area contributed by atoms with Gasteiger partial charge in [0.15, 0.2) is 11.6 Å². The molecule has 3 aliphatic carbocycles. The fraction of sp³-hybridized carbons (Fsp3) is 0.571. The van der Waals surface area contributed by atoms with Gasteiger partial charge in [-0.15, -0.1) is 0 Å². The molecule has 0 spiro atoms. The largest absolute Gasteiger partial charge is 0.392 e. The van der Waals surface area contributed by atoms with Crippen LogP contribution >= 0.6 is 0 Å². The lowest BCUT2D eigenvalue weighted by atomic mass is 9.71. The lowest BCUT2D eigenvalue weighted by Gasteiger charge is -2.35. The summed E-state index contributed by atoms with van der Waals surface area (Å²) in [7, 11) is 0. The molecule has 0 bridgehead atoms. The number of carbonyl (C=O) groups is 2. The predicted molar refractivity (Wildman–Crippen MR) is 93.1 cm³/mol. The molecule has 144 valence electrons. The summed E-state index contributed by atoms with van der Waals surface area (Å²) in [5, 5.41) is 0. The number of rotatable bonds is 3. The Morgan fingerprint density at radius 1 is 1.19 bits per heavy atom. The number of halogens is 3. The molecule has 3 nitrogen and oxygen atoms in total. The van der Waals surface area contributed by atoms with Crippen LogP contribution in [0.15, 0.2) is 30.1 Å². The second-order valence-electron chi connectivity index (χ2n) is 8.14. The number of hydrogen-bond donors (Lipinski definition) is 0. The summed E-state index contributed by atoms with van der Waals surface area (Å²) in [6.45, 7) is 0. The third kappa shape index (κ3) is 3.46. The van der Waals surface area contributed by atoms with Crippen molar-refractivity contribution in [1.29, 1.82) is 0 Å². The zero-order valence-electron chi connectivity index (χ0n) is 15.0. The minimum atomic E-state index is -4.11. The third-order valence-electron chi connectivity index (χ3n) is 6.63. The first-order chi connectivity index (χ1) is 12.8. The number of carbonyl (C=O) groups excluding carboxylic acids is 2. The lowest BCUT2D eigenvalue weighted by Crippen LogP contribution is -2.33. The van der Waals surface area contributed by atoms with Gasteiger partial charge in [-0.3, -0.25) is 14.6 Å². The molecular formula is C21H22F3NO2. The third-order valence-corrected chi connectivity index (χ3v) is 6.63. The van der Waals surface area contributed by atoms with E-state index in [0.717, 1.165) is 5.56 Å². The first-order valence-corrected chi connectivity index (χ1v) is 9.62. The first kappa shape index (κ1) is 18.4. The molecule has 2 fully saturated rings. The van der Waals surface area contributed by atoms with E-state index in [1.54, 1.807) is 24.5 Å². The van der Waals surface area contributed by atoms with Gasteiger partial charge >= 0.3 is 6.18 Å². The minimum Gasteiger partial charge on any atom is -0.294 e. The lowest BCUT2D eigenvalue weighted by molar-refractivity contribution is -0.187. The van der Waals surface area contributed by atoms with Crippen LogP contribution in [0.4, 0.5) is 13.2 Å². The van der Waals surface area contributed by atoms with Crippen molar-refractivity contribution in [2.24, 2.45) is 23.7 Å². The van der Waals surface area contributed by atoms with Crippen LogP contribution in [-0.4, -0.2) is 22.7 Å². The molecule has 27 heavy (non-hydrogen) atoms. The number of pyridine rings is 1. The van der Waals surface area contributed by atoms with Gasteiger partial charge in [-0.2, -0.15) is 13.2 Å². The number of aromatic nitrogens is 1. The van der Waals surface area contributed by atoms with E-state index in [4.69, 9.17) is 0 Å². The Morgan fingerprint density at radius 3 is 2.78 bits per heavy atom. The standard InChI is InChI=1S/C21H22F3NO2/c22-21(23,24)18-6-3-13-9-12(1-4-15(13)18)10-19(26)17-5-2-14-11-25-8-7-16(14)20(17)27/h5,7-8,11-13,15,18H,1-4,6,9-10H2. The number of alkyl halides is 3. The first-order valence-electron chi connectivity index (χ1n) is 9.62. The van der Waals surface area contributed by atoms with Gasteiger partial charge in [0.1, 0.15) is 0 Å². The Morgan fingerprint density at radius 2 is 2.00 bits per heavy atom. The Kier molecular flexibility index (Phi) is 4.68. The monoisotopic (exact) mass is 377 g/mol. The number of nitrogens with zero attached hydrogens (tertiary/aromatic N) is 1. The molecule has 4 unspecified atom stereocenters. The molecule has 4 rings (SSSR count). The highest BCUT2D eigenvalue weighted by molar-refractivity contribution is 6.27. The van der Waals surface area contributed by atoms with Crippen molar-refractivity contribution >= 4 is 11.6 Å². The van der Waals surface area contributed by atoms with Crippen LogP contribution in [0, 0.1) is 23.7 Å². The van der Waals surface area contributed by atoms with Gasteiger partial charge in [-0.05, 0) is 67.9 Å². The molecule has 6 heteroatoms. The average molecular weight is 377 g/mol. The van der Waals surface area contributed by atoms with Gasteiger partial charge in [-0.25, -0.2) is 0 Å². The van der Waals surface area contributed by atoms with Crippen molar-refractivity contribution in [1.82, 2.24) is 4.98 Å². The van der Waals surface area contributed by atoms with Crippen LogP contribution in [-0.2, 0) is 11.2 Å². The van der Waals surface area contributed by atoms with E-state index in [9.17, 15) is 22.8 Å². The Hall–Kier alpha value is -1.98. The molecule has 0 radical (unpaired) electrons. The number of Topliss-reactive ketones (excluding diaryl/α,β-unsaturated/α-hetero) is 2. The SMILES string of the molecule is O=C(CC1CCC2C(CCC2C(F)(F)F)C1)C1=CCc2cnccc2C1=O. The zero-order valence-corrected chi connectivity index (χ0v) is 15.0. The Balaban J connectivity index is 1.39. The number of allylic oxidation sites excluding steroid dienone is 2. The molecular weight excluding hydrogens is 355 g/mol. The van der Waals surface area contributed by atoms with Gasteiger partial charge < -0.3 is 0 Å². The molecule has 4 atom stereocenters. The summed E-state index contributed by atoms with van der Waals surface area (Å²) in [6, 6.07) is 1.64. The van der Waals surface area contributed by atoms with Gasteiger partial charge in [0.25, 0.3) is 0 Å². The number of hydrogen-bond acceptors (Lipinski definition) is 3. The summed E-state index contributed by atoms with van der Waals surface area (Å²) in [5.74, 6) is -1.74. The quantitative estimate of drug-likeness (QED) is 0.717. The molecule has 0 amide bonds. The van der Waals surface area contributed by atoms with E-state index >= 15 is 0 Å². The van der Waals surface area contributed by atoms with Crippen LogP contribution < -0.4 is 0 Å². The molecule has 1 aromatic heterocycles. The highest BCUT2D eigenvalue weighted by Crippen LogP contribution is 2.53. The van der Waals surface area contributed by atoms with E-state index in [-0.39, 0.29) is 47.7 Å². The summed E-state index contributed by atoms with van der Waals surface area (Å²) in [4.78, 5) is 29.3. The maximum atomic E-state index is 13.1. The molecule has 0 N–H and O–H groups in total. The van der Waals surface area contributed by atoms with E-state index in [1.165, 1.54) is 0 Å². The molecule has 0 aliphatic heterocycles. The van der Waals surface area contributed by atoms with Crippen molar-refractivity contribution in [2.75, 3.05) is 0 Å². The predicted octanol–water partition coefficient (Wildman–Crippen LogP) is 4.71. The summed E-state index contributed by atoms with van der Waals surface area (Å²) < 4.78 is 39.4. The van der Waals surface area contributed by atoms with Gasteiger partial charge in [0.05, 0.1) is 11.5 Å². The summed E-state index contributed by atoms with van der Waals surface area (Å²) in [6.07, 6.45) is 4.19. The van der Waals surface area contributed by atoms with Crippen molar-refractivity contribution in [3.8, 4) is 0 Å². The van der Waals surface area contributed by atoms with Gasteiger partial charge in [0, 0.05) is 24.4 Å². The molecule has 2 saturated carbocycles. The molecule has 3 aliphatic rings. The minimum absolute atomic E-state index is 0.0611. The smallest absolute Gasteiger partial charge is 0.294 e. The maximum absolute atomic E-state index is 13.1. The van der Waals surface area contributed by atoms with E-state index in [1.807, 2.05) is 0 Å². The van der Waals surface area contributed by atoms with Crippen LogP contribution in [0.3, 0.4) is 0 Å². The zero-order chi connectivity index (χ0) is 19.2. The summed E-state index contributed by atoms with van der Waals surface area (Å²) >= 11 is 0. The molecule has 1 aromatic rings. The van der Waals surface area contributed by atoms with E-state index < -0.39 is 12.1 Å².